The molecule has 0 saturated heterocycles. The lowest BCUT2D eigenvalue weighted by Crippen LogP contribution is -2.01. The van der Waals surface area contributed by atoms with Crippen LogP contribution in [0.5, 0.6) is 0 Å². The van der Waals surface area contributed by atoms with Crippen molar-refractivity contribution in [2.24, 2.45) is 20.5 Å². The molecular weight excluding hydrogens is 671 g/mol. The number of fused-ring (bicyclic) bond motifs is 3. The quantitative estimate of drug-likeness (QED) is 0.0739. The Morgan fingerprint density at radius 1 is 0.489 bits per heavy atom. The van der Waals surface area contributed by atoms with Crippen molar-refractivity contribution in [3.8, 4) is 0 Å². The Hall–Kier alpha value is -5.17. The highest BCUT2D eigenvalue weighted by atomic mass is 32.2. The molecule has 5 N–H and O–H groups in total. The van der Waals surface area contributed by atoms with Crippen LogP contribution in [0.2, 0.25) is 0 Å². The molecule has 0 amide bonds. The van der Waals surface area contributed by atoms with Gasteiger partial charge in [0.15, 0.2) is 0 Å². The van der Waals surface area contributed by atoms with E-state index in [4.69, 9.17) is 5.73 Å². The highest BCUT2D eigenvalue weighted by Gasteiger charge is 2.21. The highest BCUT2D eigenvalue weighted by Crippen LogP contribution is 2.40. The smallest absolute Gasteiger partial charge is 0.297 e. The number of hydrogen-bond donors (Lipinski definition) is 4. The molecule has 14 nitrogen and oxygen atoms in total. The Labute approximate surface area is 267 Å². The average Bonchev–Trinajstić information content (AvgIpc) is 3.01. The van der Waals surface area contributed by atoms with Gasteiger partial charge < -0.3 is 5.73 Å². The van der Waals surface area contributed by atoms with Crippen LogP contribution in [0.25, 0.3) is 32.3 Å². The monoisotopic (exact) mass is 691 g/mol. The third-order valence-electron chi connectivity index (χ3n) is 7.18. The molecule has 0 fully saturated rings. The van der Waals surface area contributed by atoms with Crippen molar-refractivity contribution in [1.29, 1.82) is 0 Å². The topological polar surface area (TPSA) is 239 Å². The van der Waals surface area contributed by atoms with Crippen LogP contribution in [0.3, 0.4) is 0 Å². The van der Waals surface area contributed by atoms with Crippen molar-refractivity contribution in [2.75, 3.05) is 5.73 Å². The second-order valence-electron chi connectivity index (χ2n) is 10.1. The van der Waals surface area contributed by atoms with Crippen LogP contribution in [0.4, 0.5) is 28.4 Å². The van der Waals surface area contributed by atoms with Crippen molar-refractivity contribution in [2.45, 2.75) is 14.7 Å². The van der Waals surface area contributed by atoms with Gasteiger partial charge in [-0.25, -0.2) is 0 Å². The number of rotatable bonds is 7. The second kappa shape index (κ2) is 11.6. The van der Waals surface area contributed by atoms with Gasteiger partial charge in [0.05, 0.1) is 22.0 Å². The number of anilines is 1. The van der Waals surface area contributed by atoms with E-state index in [2.05, 4.69) is 20.5 Å². The minimum atomic E-state index is -4.75. The molecule has 0 aromatic heterocycles. The van der Waals surface area contributed by atoms with Crippen molar-refractivity contribution in [1.82, 2.24) is 0 Å². The van der Waals surface area contributed by atoms with E-state index in [1.54, 1.807) is 30.3 Å². The molecule has 0 heterocycles. The van der Waals surface area contributed by atoms with Gasteiger partial charge in [-0.3, -0.25) is 13.7 Å². The number of azo groups is 2. The third kappa shape index (κ3) is 6.18. The number of benzene rings is 6. The Morgan fingerprint density at radius 2 is 1.06 bits per heavy atom. The number of nitrogen functional groups attached to an aromatic ring is 1. The SMILES string of the molecule is Nc1ccc(N=Nc2ccc(N=Nc3ccc4ccccc4c3S(=O)(=O)O)c3cc(S(=O)(=O)O)ccc23)c2cccc(S(=O)(=O)O)c12. The van der Waals surface area contributed by atoms with Gasteiger partial charge >= 0.3 is 0 Å². The van der Waals surface area contributed by atoms with E-state index in [9.17, 15) is 38.9 Å². The third-order valence-corrected chi connectivity index (χ3v) is 9.87. The molecule has 0 spiro atoms. The van der Waals surface area contributed by atoms with Gasteiger partial charge in [0.2, 0.25) is 0 Å². The molecule has 17 heteroatoms. The molecule has 0 saturated carbocycles. The highest BCUT2D eigenvalue weighted by molar-refractivity contribution is 7.86. The van der Waals surface area contributed by atoms with Crippen LogP contribution >= 0.6 is 0 Å². The predicted octanol–water partition coefficient (Wildman–Crippen LogP) is 7.30. The fraction of sp³-hybridized carbons (Fsp3) is 0. The van der Waals surface area contributed by atoms with Crippen LogP contribution in [-0.4, -0.2) is 38.9 Å². The van der Waals surface area contributed by atoms with Crippen LogP contribution in [0.15, 0.2) is 132 Å². The molecule has 0 aliphatic carbocycles. The van der Waals surface area contributed by atoms with E-state index in [1.807, 2.05) is 0 Å². The number of nitrogens with zero attached hydrogens (tertiary/aromatic N) is 4. The molecule has 0 aliphatic rings. The first kappa shape index (κ1) is 31.8. The second-order valence-corrected chi connectivity index (χ2v) is 14.3. The van der Waals surface area contributed by atoms with Crippen LogP contribution in [0, 0.1) is 0 Å². The average molecular weight is 692 g/mol. The predicted molar refractivity (Wildman–Crippen MR) is 174 cm³/mol. The number of nitrogens with two attached hydrogens (primary N) is 1. The van der Waals surface area contributed by atoms with Crippen LogP contribution in [-0.2, 0) is 30.4 Å². The zero-order valence-corrected chi connectivity index (χ0v) is 26.1. The zero-order chi connectivity index (χ0) is 33.7. The summed E-state index contributed by atoms with van der Waals surface area (Å²) in [6, 6.07) is 22.9. The lowest BCUT2D eigenvalue weighted by Gasteiger charge is -2.09. The maximum atomic E-state index is 12.3. The van der Waals surface area contributed by atoms with Crippen LogP contribution in [0.1, 0.15) is 0 Å². The maximum Gasteiger partial charge on any atom is 0.297 e. The molecule has 6 rings (SSSR count). The van der Waals surface area contributed by atoms with E-state index >= 15 is 0 Å². The summed E-state index contributed by atoms with van der Waals surface area (Å²) >= 11 is 0. The molecule has 6 aromatic rings. The molecule has 0 radical (unpaired) electrons. The summed E-state index contributed by atoms with van der Waals surface area (Å²) in [6.45, 7) is 0. The lowest BCUT2D eigenvalue weighted by atomic mass is 10.1. The standard InChI is InChI=1S/C30H21N5O9S3/c31-23-11-13-25(21-6-3-7-28(29(21)23)46(39,40)41)33-32-24-14-15-26(22-16-18(45(36,37)38)9-10-20(22)24)34-35-27-12-8-17-4-1-2-5-19(17)30(27)47(42,43)44/h1-16H,31H2,(H,36,37,38)(H,39,40,41)(H,42,43,44). The Morgan fingerprint density at radius 3 is 1.72 bits per heavy atom. The largest absolute Gasteiger partial charge is 0.398 e. The van der Waals surface area contributed by atoms with Crippen LogP contribution < -0.4 is 5.73 Å². The molecule has 0 atom stereocenters. The van der Waals surface area contributed by atoms with E-state index in [0.717, 1.165) is 12.1 Å². The molecule has 238 valence electrons. The van der Waals surface area contributed by atoms with Gasteiger partial charge in [-0.05, 0) is 53.9 Å². The first-order valence-electron chi connectivity index (χ1n) is 13.3. The minimum absolute atomic E-state index is 0.0443. The van der Waals surface area contributed by atoms with Crippen molar-refractivity contribution >= 4 is 91.1 Å². The van der Waals surface area contributed by atoms with Gasteiger partial charge in [-0.15, -0.1) is 20.5 Å². The molecular formula is C30H21N5O9S3. The maximum absolute atomic E-state index is 12.3. The Bertz CT molecular complexity index is 2680. The lowest BCUT2D eigenvalue weighted by molar-refractivity contribution is 0.481. The summed E-state index contributed by atoms with van der Waals surface area (Å²) in [6.07, 6.45) is 0. The summed E-state index contributed by atoms with van der Waals surface area (Å²) in [7, 11) is -14.0. The summed E-state index contributed by atoms with van der Waals surface area (Å²) in [5, 5.41) is 18.2. The molecule has 0 aliphatic heterocycles. The number of hydrogen-bond acceptors (Lipinski definition) is 11. The summed E-state index contributed by atoms with van der Waals surface area (Å²) in [5.41, 5.74) is 6.35. The summed E-state index contributed by atoms with van der Waals surface area (Å²) < 4.78 is 102. The van der Waals surface area contributed by atoms with E-state index in [-0.39, 0.29) is 50.0 Å². The first-order chi connectivity index (χ1) is 22.1. The fourth-order valence-corrected chi connectivity index (χ4v) is 7.19. The van der Waals surface area contributed by atoms with Gasteiger partial charge in [0.25, 0.3) is 30.4 Å². The van der Waals surface area contributed by atoms with Gasteiger partial charge in [0.1, 0.15) is 15.5 Å². The van der Waals surface area contributed by atoms with Crippen molar-refractivity contribution < 1.29 is 38.9 Å². The normalized spacial score (nSPS) is 13.0. The Balaban J connectivity index is 1.51. The Kier molecular flexibility index (Phi) is 7.83. The van der Waals surface area contributed by atoms with Crippen molar-refractivity contribution in [3.63, 3.8) is 0 Å². The summed E-state index contributed by atoms with van der Waals surface area (Å²) in [5.74, 6) is 0. The molecule has 47 heavy (non-hydrogen) atoms. The van der Waals surface area contributed by atoms with E-state index in [0.29, 0.717) is 10.8 Å². The molecule has 6 aromatic carbocycles. The fourth-order valence-electron chi connectivity index (χ4n) is 5.11. The van der Waals surface area contributed by atoms with E-state index in [1.165, 1.54) is 54.6 Å². The van der Waals surface area contributed by atoms with Gasteiger partial charge in [0, 0.05) is 32.6 Å². The molecule has 0 bridgehead atoms. The molecule has 0 unspecified atom stereocenters. The summed E-state index contributed by atoms with van der Waals surface area (Å²) in [4.78, 5) is -1.35. The minimum Gasteiger partial charge on any atom is -0.398 e. The first-order valence-corrected chi connectivity index (χ1v) is 17.6. The van der Waals surface area contributed by atoms with Crippen molar-refractivity contribution in [3.05, 3.63) is 97.1 Å². The van der Waals surface area contributed by atoms with E-state index < -0.39 is 45.0 Å². The van der Waals surface area contributed by atoms with Gasteiger partial charge in [-0.1, -0.05) is 48.5 Å². The zero-order valence-electron chi connectivity index (χ0n) is 23.6. The van der Waals surface area contributed by atoms with Gasteiger partial charge in [-0.2, -0.15) is 25.3 Å².